The van der Waals surface area contributed by atoms with E-state index in [1.807, 2.05) is 69.2 Å². The summed E-state index contributed by atoms with van der Waals surface area (Å²) >= 11 is 0. The highest BCUT2D eigenvalue weighted by Gasteiger charge is 2.41. The van der Waals surface area contributed by atoms with Crippen molar-refractivity contribution in [3.63, 3.8) is 0 Å². The van der Waals surface area contributed by atoms with E-state index < -0.39 is 22.9 Å². The van der Waals surface area contributed by atoms with Gasteiger partial charge in [0.25, 0.3) is 0 Å². The summed E-state index contributed by atoms with van der Waals surface area (Å²) in [7, 11) is 0. The number of hydrogen-bond acceptors (Lipinski definition) is 8. The maximum Gasteiger partial charge on any atom is 0.416 e. The first-order valence-electron chi connectivity index (χ1n) is 26.9. The van der Waals surface area contributed by atoms with Crippen molar-refractivity contribution in [3.8, 4) is 0 Å². The normalized spacial score (nSPS) is 17.9. The van der Waals surface area contributed by atoms with Gasteiger partial charge in [0, 0.05) is 50.1 Å². The second-order valence-corrected chi connectivity index (χ2v) is 23.6. The summed E-state index contributed by atoms with van der Waals surface area (Å²) in [4.78, 5) is 38.4. The molecule has 0 N–H and O–H groups in total. The van der Waals surface area contributed by atoms with E-state index in [-0.39, 0.29) is 29.6 Å². The Balaban J connectivity index is 0.000000184. The molecule has 4 fully saturated rings. The summed E-state index contributed by atoms with van der Waals surface area (Å²) in [6.45, 7) is 19.3. The van der Waals surface area contributed by atoms with Crippen LogP contribution in [0.15, 0.2) is 97.1 Å². The third-order valence-corrected chi connectivity index (χ3v) is 15.1. The van der Waals surface area contributed by atoms with Gasteiger partial charge in [-0.2, -0.15) is 13.2 Å². The fourth-order valence-electron chi connectivity index (χ4n) is 10.6. The molecule has 0 unspecified atom stereocenters. The number of rotatable bonds is 14. The smallest absolute Gasteiger partial charge is 0.416 e. The molecule has 12 nitrogen and oxygen atoms in total. The van der Waals surface area contributed by atoms with Crippen LogP contribution in [0.2, 0.25) is 0 Å². The van der Waals surface area contributed by atoms with E-state index in [9.17, 15) is 22.8 Å². The van der Waals surface area contributed by atoms with Gasteiger partial charge in [-0.05, 0) is 159 Å². The van der Waals surface area contributed by atoms with Gasteiger partial charge in [0.15, 0.2) is 0 Å². The molecule has 4 aliphatic rings. The number of piperidine rings is 2. The van der Waals surface area contributed by atoms with Gasteiger partial charge in [-0.3, -0.25) is 0 Å². The SMILES string of the molecule is CC(C)(C)OC(=O)N1CCC(COCc2nc3cc(C(F)(F)F)ccc3n2CC2CC2)(c2ccccc2)CC1.Cc1ccc2nc(COCC3(c4ccccc4)CCN(C(=O)OC(C)(C)C)CC3)n(CC3CC3)c2c1. The Morgan fingerprint density at radius 2 is 1.01 bits per heavy atom. The number of amides is 2. The largest absolute Gasteiger partial charge is 0.444 e. The van der Waals surface area contributed by atoms with Crippen molar-refractivity contribution < 1.29 is 41.7 Å². The van der Waals surface area contributed by atoms with Crippen molar-refractivity contribution in [2.24, 2.45) is 11.8 Å². The number of aromatic nitrogens is 4. The van der Waals surface area contributed by atoms with Gasteiger partial charge in [0.05, 0.1) is 40.8 Å². The van der Waals surface area contributed by atoms with Crippen molar-refractivity contribution in [2.75, 3.05) is 39.4 Å². The number of fused-ring (bicyclic) bond motifs is 2. The molecule has 2 aliphatic carbocycles. The first kappa shape index (κ1) is 53.9. The zero-order valence-corrected chi connectivity index (χ0v) is 44.9. The number of imidazole rings is 2. The number of aryl methyl sites for hydroxylation is 1. The van der Waals surface area contributed by atoms with Crippen LogP contribution in [0, 0.1) is 18.8 Å². The van der Waals surface area contributed by atoms with Crippen molar-refractivity contribution in [3.05, 3.63) is 131 Å². The fraction of sp³-hybridized carbons (Fsp3) is 0.533. The number of ether oxygens (including phenoxy) is 4. The third kappa shape index (κ3) is 13.6. The monoisotopic (exact) mass is 1030 g/mol. The van der Waals surface area contributed by atoms with E-state index in [0.717, 1.165) is 73.7 Å². The molecule has 15 heteroatoms. The van der Waals surface area contributed by atoms with Crippen LogP contribution in [0.4, 0.5) is 22.8 Å². The number of hydrogen-bond donors (Lipinski definition) is 0. The predicted octanol–water partition coefficient (Wildman–Crippen LogP) is 13.2. The van der Waals surface area contributed by atoms with E-state index in [4.69, 9.17) is 23.9 Å². The second-order valence-electron chi connectivity index (χ2n) is 23.6. The van der Waals surface area contributed by atoms with Gasteiger partial charge in [0.2, 0.25) is 0 Å². The molecule has 2 saturated heterocycles. The Bertz CT molecular complexity index is 2900. The van der Waals surface area contributed by atoms with Gasteiger partial charge in [-0.1, -0.05) is 66.7 Å². The molecule has 0 atom stereocenters. The van der Waals surface area contributed by atoms with Crippen molar-refractivity contribution in [2.45, 2.75) is 154 Å². The fourth-order valence-corrected chi connectivity index (χ4v) is 10.6. The molecule has 4 heterocycles. The van der Waals surface area contributed by atoms with E-state index >= 15 is 0 Å². The molecule has 2 aromatic heterocycles. The highest BCUT2D eigenvalue weighted by atomic mass is 19.4. The third-order valence-electron chi connectivity index (χ3n) is 15.1. The predicted molar refractivity (Wildman–Crippen MR) is 284 cm³/mol. The summed E-state index contributed by atoms with van der Waals surface area (Å²) < 4.78 is 68.4. The van der Waals surface area contributed by atoms with Crippen LogP contribution >= 0.6 is 0 Å². The maximum absolute atomic E-state index is 13.3. The van der Waals surface area contributed by atoms with Crippen LogP contribution in [-0.2, 0) is 62.3 Å². The number of likely N-dealkylation sites (tertiary alicyclic amines) is 2. The minimum Gasteiger partial charge on any atom is -0.444 e. The quantitative estimate of drug-likeness (QED) is 0.106. The van der Waals surface area contributed by atoms with Gasteiger partial charge in [-0.15, -0.1) is 0 Å². The lowest BCUT2D eigenvalue weighted by molar-refractivity contribution is -0.137. The standard InChI is InChI=1S/C30H36F3N3O3.C30H39N3O3/c1-28(2,3)39-27(37)35-15-13-29(14-16-35,22-7-5-4-6-8-22)20-38-19-26-34-24-17-23(30(31,32)33)11-12-25(24)36(26)18-21-9-10-21;1-22-10-13-25-26(18-22)33(19-23-11-12-23)27(31-25)20-35-21-30(24-8-6-5-7-9-24)14-16-32(17-15-30)28(34)36-29(2,3)4/h4-8,11-12,17,21H,9-10,13-16,18-20H2,1-3H3;5-10,13,18,23H,11-12,14-17,19-21H2,1-4H3. The summed E-state index contributed by atoms with van der Waals surface area (Å²) in [6.07, 6.45) is 2.99. The van der Waals surface area contributed by atoms with Crippen molar-refractivity contribution in [1.82, 2.24) is 28.9 Å². The minimum absolute atomic E-state index is 0.135. The molecule has 402 valence electrons. The van der Waals surface area contributed by atoms with E-state index in [0.29, 0.717) is 81.6 Å². The molecule has 0 radical (unpaired) electrons. The van der Waals surface area contributed by atoms with Gasteiger partial charge < -0.3 is 37.9 Å². The molecular formula is C60H75F3N6O6. The molecular weight excluding hydrogens is 958 g/mol. The highest BCUT2D eigenvalue weighted by Crippen LogP contribution is 2.40. The molecule has 0 bridgehead atoms. The average Bonchev–Trinajstić information content (AvgIpc) is 4.31. The van der Waals surface area contributed by atoms with E-state index in [1.165, 1.54) is 35.6 Å². The topological polar surface area (TPSA) is 113 Å². The molecule has 75 heavy (non-hydrogen) atoms. The number of benzene rings is 4. The summed E-state index contributed by atoms with van der Waals surface area (Å²) in [6, 6.07) is 31.1. The number of alkyl halides is 3. The number of carbonyl (C=O) groups is 2. The van der Waals surface area contributed by atoms with Crippen LogP contribution < -0.4 is 0 Å². The molecule has 0 spiro atoms. The van der Waals surface area contributed by atoms with E-state index in [2.05, 4.69) is 77.1 Å². The van der Waals surface area contributed by atoms with Gasteiger partial charge >= 0.3 is 18.4 Å². The Kier molecular flexibility index (Phi) is 15.8. The molecule has 2 amide bonds. The first-order valence-corrected chi connectivity index (χ1v) is 26.9. The molecule has 10 rings (SSSR count). The Hall–Kier alpha value is -5.93. The van der Waals surface area contributed by atoms with Gasteiger partial charge in [-0.25, -0.2) is 19.6 Å². The summed E-state index contributed by atoms with van der Waals surface area (Å²) in [5.74, 6) is 2.94. The lowest BCUT2D eigenvalue weighted by Gasteiger charge is -2.42. The molecule has 2 saturated carbocycles. The second kappa shape index (κ2) is 22.0. The van der Waals surface area contributed by atoms with Crippen LogP contribution in [-0.4, -0.2) is 91.7 Å². The van der Waals surface area contributed by atoms with Crippen molar-refractivity contribution >= 4 is 34.3 Å². The zero-order valence-electron chi connectivity index (χ0n) is 44.9. The number of halogens is 3. The lowest BCUT2D eigenvalue weighted by atomic mass is 9.73. The molecule has 2 aliphatic heterocycles. The van der Waals surface area contributed by atoms with E-state index in [1.54, 1.807) is 4.90 Å². The minimum atomic E-state index is -4.42. The molecule has 6 aromatic rings. The maximum atomic E-state index is 13.3. The first-order chi connectivity index (χ1) is 35.7. The van der Waals surface area contributed by atoms with Crippen LogP contribution in [0.1, 0.15) is 127 Å². The Labute approximate surface area is 439 Å². The average molecular weight is 1030 g/mol. The van der Waals surface area contributed by atoms with Crippen LogP contribution in [0.3, 0.4) is 0 Å². The van der Waals surface area contributed by atoms with Crippen LogP contribution in [0.5, 0.6) is 0 Å². The van der Waals surface area contributed by atoms with Gasteiger partial charge in [0.1, 0.15) is 36.1 Å². The van der Waals surface area contributed by atoms with Crippen molar-refractivity contribution in [1.29, 1.82) is 0 Å². The summed E-state index contributed by atoms with van der Waals surface area (Å²) in [5, 5.41) is 0. The Morgan fingerprint density at radius 1 is 0.573 bits per heavy atom. The molecule has 4 aromatic carbocycles. The number of carbonyl (C=O) groups excluding carboxylic acids is 2. The van der Waals surface area contributed by atoms with Crippen LogP contribution in [0.25, 0.3) is 22.1 Å². The zero-order chi connectivity index (χ0) is 53.2. The lowest BCUT2D eigenvalue weighted by Crippen LogP contribution is -2.48. The highest BCUT2D eigenvalue weighted by molar-refractivity contribution is 5.78. The summed E-state index contributed by atoms with van der Waals surface area (Å²) in [5.41, 5.74) is 4.81. The number of nitrogens with zero attached hydrogens (tertiary/aromatic N) is 6. The Morgan fingerprint density at radius 3 is 1.44 bits per heavy atom.